The third-order valence-corrected chi connectivity index (χ3v) is 5.71. The fourth-order valence-electron chi connectivity index (χ4n) is 4.50. The van der Waals surface area contributed by atoms with Crippen LogP contribution in [0.15, 0.2) is 49.2 Å². The first-order valence-electron chi connectivity index (χ1n) is 8.27. The summed E-state index contributed by atoms with van der Waals surface area (Å²) in [7, 11) is 0. The minimum absolute atomic E-state index is 0.306. The molecule has 2 aromatic rings. The molecule has 1 aromatic heterocycles. The quantitative estimate of drug-likeness (QED) is 0.847. The molecule has 0 spiro atoms. The Morgan fingerprint density at radius 1 is 1.32 bits per heavy atom. The molecular formula is C19H23N2O+. The summed E-state index contributed by atoms with van der Waals surface area (Å²) in [6.45, 7) is 6.29. The van der Waals surface area contributed by atoms with Crippen LogP contribution in [0.3, 0.4) is 0 Å². The zero-order valence-electron chi connectivity index (χ0n) is 12.8. The van der Waals surface area contributed by atoms with Gasteiger partial charge < -0.3 is 10.0 Å². The molecule has 3 heteroatoms. The van der Waals surface area contributed by atoms with Crippen LogP contribution in [0.1, 0.15) is 24.5 Å². The van der Waals surface area contributed by atoms with Gasteiger partial charge in [0.2, 0.25) is 0 Å². The number of nitrogens with zero attached hydrogens (tertiary/aromatic N) is 1. The first-order valence-corrected chi connectivity index (χ1v) is 8.27. The number of benzene rings is 1. The Morgan fingerprint density at radius 3 is 2.95 bits per heavy atom. The number of piperidine rings is 3. The summed E-state index contributed by atoms with van der Waals surface area (Å²) < 4.78 is 0. The molecule has 0 saturated carbocycles. The topological polar surface area (TPSA) is 37.6 Å². The van der Waals surface area contributed by atoms with Gasteiger partial charge in [-0.2, -0.15) is 0 Å². The van der Waals surface area contributed by atoms with E-state index in [4.69, 9.17) is 0 Å². The Balaban J connectivity index is 1.67. The highest BCUT2D eigenvalue weighted by molar-refractivity contribution is 5.82. The highest BCUT2D eigenvalue weighted by Gasteiger charge is 2.45. The zero-order valence-corrected chi connectivity index (χ0v) is 12.8. The average molecular weight is 295 g/mol. The number of aliphatic hydroxyl groups is 1. The van der Waals surface area contributed by atoms with Crippen LogP contribution >= 0.6 is 0 Å². The van der Waals surface area contributed by atoms with E-state index in [1.54, 1.807) is 4.90 Å². The van der Waals surface area contributed by atoms with Gasteiger partial charge in [-0.1, -0.05) is 24.3 Å². The van der Waals surface area contributed by atoms with E-state index in [-0.39, 0.29) is 0 Å². The Labute approximate surface area is 131 Å². The summed E-state index contributed by atoms with van der Waals surface area (Å²) in [5.74, 6) is 1.32. The van der Waals surface area contributed by atoms with E-state index in [2.05, 4.69) is 23.7 Å². The second kappa shape index (κ2) is 5.49. The van der Waals surface area contributed by atoms with Crippen molar-refractivity contribution in [2.24, 2.45) is 11.8 Å². The molecule has 1 unspecified atom stereocenters. The van der Waals surface area contributed by atoms with Gasteiger partial charge in [0.05, 0.1) is 18.6 Å². The lowest BCUT2D eigenvalue weighted by Crippen LogP contribution is -3.20. The smallest absolute Gasteiger partial charge is 0.131 e. The molecule has 2 bridgehead atoms. The molecule has 1 aromatic carbocycles. The largest absolute Gasteiger partial charge is 0.382 e. The lowest BCUT2D eigenvalue weighted by Gasteiger charge is -2.47. The molecule has 0 radical (unpaired) electrons. The van der Waals surface area contributed by atoms with E-state index in [9.17, 15) is 5.11 Å². The normalized spacial score (nSPS) is 32.0. The lowest BCUT2D eigenvalue weighted by atomic mass is 9.73. The van der Waals surface area contributed by atoms with Crippen molar-refractivity contribution in [2.45, 2.75) is 25.0 Å². The highest BCUT2D eigenvalue weighted by atomic mass is 16.3. The number of nitrogens with one attached hydrogen (secondary N) is 1. The number of hydrogen-bond donors (Lipinski definition) is 2. The Morgan fingerprint density at radius 2 is 2.18 bits per heavy atom. The number of hydrogen-bond acceptors (Lipinski definition) is 2. The lowest BCUT2D eigenvalue weighted by molar-refractivity contribution is -0.949. The summed E-state index contributed by atoms with van der Waals surface area (Å²) in [4.78, 5) is 5.95. The second-order valence-corrected chi connectivity index (χ2v) is 6.77. The van der Waals surface area contributed by atoms with Crippen LogP contribution in [0.25, 0.3) is 10.9 Å². The molecule has 3 saturated heterocycles. The van der Waals surface area contributed by atoms with Crippen LogP contribution in [-0.4, -0.2) is 29.2 Å². The van der Waals surface area contributed by atoms with Crippen LogP contribution < -0.4 is 4.90 Å². The Kier molecular flexibility index (Phi) is 3.47. The maximum atomic E-state index is 11.0. The predicted molar refractivity (Wildman–Crippen MR) is 87.6 cm³/mol. The van der Waals surface area contributed by atoms with Gasteiger partial charge in [0.1, 0.15) is 12.1 Å². The number of quaternary nitrogens is 1. The highest BCUT2D eigenvalue weighted by Crippen LogP contribution is 2.33. The van der Waals surface area contributed by atoms with Gasteiger partial charge in [0.15, 0.2) is 0 Å². The van der Waals surface area contributed by atoms with Gasteiger partial charge in [0, 0.05) is 30.3 Å². The van der Waals surface area contributed by atoms with E-state index in [0.717, 1.165) is 29.4 Å². The van der Waals surface area contributed by atoms with E-state index >= 15 is 0 Å². The molecule has 5 atom stereocenters. The molecule has 3 fully saturated rings. The van der Waals surface area contributed by atoms with E-state index in [0.29, 0.717) is 17.9 Å². The molecule has 0 amide bonds. The number of aliphatic hydroxyl groups excluding tert-OH is 1. The van der Waals surface area contributed by atoms with Crippen LogP contribution in [0.2, 0.25) is 0 Å². The van der Waals surface area contributed by atoms with Crippen molar-refractivity contribution in [3.63, 3.8) is 0 Å². The van der Waals surface area contributed by atoms with Gasteiger partial charge in [-0.25, -0.2) is 0 Å². The number of fused-ring (bicyclic) bond motifs is 4. The van der Waals surface area contributed by atoms with E-state index in [1.807, 2.05) is 30.5 Å². The molecule has 114 valence electrons. The van der Waals surface area contributed by atoms with E-state index < -0.39 is 6.10 Å². The van der Waals surface area contributed by atoms with Gasteiger partial charge in [-0.3, -0.25) is 4.98 Å². The summed E-state index contributed by atoms with van der Waals surface area (Å²) in [6, 6.07) is 10.4. The molecule has 3 aliphatic heterocycles. The molecule has 4 heterocycles. The molecule has 3 nitrogen and oxygen atoms in total. The van der Waals surface area contributed by atoms with Crippen molar-refractivity contribution < 1.29 is 10.0 Å². The monoisotopic (exact) mass is 295 g/mol. The summed E-state index contributed by atoms with van der Waals surface area (Å²) in [6.07, 6.45) is 5.90. The molecule has 2 N–H and O–H groups in total. The maximum Gasteiger partial charge on any atom is 0.131 e. The zero-order chi connectivity index (χ0) is 15.1. The Hall–Kier alpha value is -1.71. The van der Waals surface area contributed by atoms with Crippen molar-refractivity contribution >= 4 is 10.9 Å². The van der Waals surface area contributed by atoms with Crippen molar-refractivity contribution in [1.29, 1.82) is 0 Å². The van der Waals surface area contributed by atoms with Gasteiger partial charge >= 0.3 is 0 Å². The standard InChI is InChI=1S/C19H22N2O/c1-2-13-12-21-10-8-14(13)11-18(21)19(22)16-7-9-20-17-6-4-3-5-15(16)17/h2-7,9,13-14,18-19,22H,1,8,10-12H2/p+1/t13-,14-,18+,19-/m1/s1. The maximum absolute atomic E-state index is 11.0. The Bertz CT molecular complexity index is 693. The first kappa shape index (κ1) is 13.9. The van der Waals surface area contributed by atoms with Gasteiger partial charge in [0.25, 0.3) is 0 Å². The molecule has 5 rings (SSSR count). The van der Waals surface area contributed by atoms with Crippen molar-refractivity contribution in [1.82, 2.24) is 4.98 Å². The van der Waals surface area contributed by atoms with Crippen LogP contribution in [0.4, 0.5) is 0 Å². The number of rotatable bonds is 3. The molecule has 22 heavy (non-hydrogen) atoms. The number of aromatic nitrogens is 1. The SMILES string of the molecule is C=C[C@@H]1C[NH+]2CC[C@@H]1C[C@H]2[C@H](O)c1ccnc2ccccc12. The average Bonchev–Trinajstić information content (AvgIpc) is 2.60. The first-order chi connectivity index (χ1) is 10.8. The third-order valence-electron chi connectivity index (χ3n) is 5.71. The fraction of sp³-hybridized carbons (Fsp3) is 0.421. The third kappa shape index (κ3) is 2.16. The van der Waals surface area contributed by atoms with Crippen molar-refractivity contribution in [3.05, 3.63) is 54.7 Å². The number of para-hydroxylation sites is 1. The molecular weight excluding hydrogens is 272 g/mol. The van der Waals surface area contributed by atoms with Crippen LogP contribution in [0, 0.1) is 11.8 Å². The fourth-order valence-corrected chi connectivity index (χ4v) is 4.50. The van der Waals surface area contributed by atoms with Crippen molar-refractivity contribution in [2.75, 3.05) is 13.1 Å². The summed E-state index contributed by atoms with van der Waals surface area (Å²) in [5.41, 5.74) is 2.00. The molecule has 0 aliphatic carbocycles. The van der Waals surface area contributed by atoms with Gasteiger partial charge in [-0.05, 0) is 23.6 Å². The minimum Gasteiger partial charge on any atom is -0.382 e. The summed E-state index contributed by atoms with van der Waals surface area (Å²) in [5, 5.41) is 12.1. The second-order valence-electron chi connectivity index (χ2n) is 6.77. The van der Waals surface area contributed by atoms with Crippen molar-refractivity contribution in [3.8, 4) is 0 Å². The van der Waals surface area contributed by atoms with Crippen LogP contribution in [0.5, 0.6) is 0 Å². The van der Waals surface area contributed by atoms with E-state index in [1.165, 1.54) is 13.0 Å². The van der Waals surface area contributed by atoms with Crippen LogP contribution in [-0.2, 0) is 0 Å². The predicted octanol–water partition coefficient (Wildman–Crippen LogP) is 1.75. The summed E-state index contributed by atoms with van der Waals surface area (Å²) >= 11 is 0. The molecule has 3 aliphatic rings. The minimum atomic E-state index is -0.406. The number of pyridine rings is 1. The van der Waals surface area contributed by atoms with Gasteiger partial charge in [-0.15, -0.1) is 6.58 Å².